The van der Waals surface area contributed by atoms with Crippen LogP contribution in [0.1, 0.15) is 22.3 Å². The van der Waals surface area contributed by atoms with Gasteiger partial charge < -0.3 is 0 Å². The van der Waals surface area contributed by atoms with Gasteiger partial charge in [0.2, 0.25) is 0 Å². The Balaban J connectivity index is 1.95. The molecule has 0 aliphatic carbocycles. The van der Waals surface area contributed by atoms with E-state index in [4.69, 9.17) is 12.2 Å². The van der Waals surface area contributed by atoms with Gasteiger partial charge in [0.15, 0.2) is 4.32 Å². The predicted molar refractivity (Wildman–Crippen MR) is 103 cm³/mol. The summed E-state index contributed by atoms with van der Waals surface area (Å²) in [6.45, 7) is 6.09. The summed E-state index contributed by atoms with van der Waals surface area (Å²) in [6.07, 6.45) is 1.91. The van der Waals surface area contributed by atoms with Gasteiger partial charge >= 0.3 is 0 Å². The average Bonchev–Trinajstić information content (AvgIpc) is 2.77. The third kappa shape index (κ3) is 3.23. The molecule has 116 valence electrons. The van der Waals surface area contributed by atoms with Crippen molar-refractivity contribution in [2.75, 3.05) is 4.90 Å². The van der Waals surface area contributed by atoms with Crippen LogP contribution in [0.2, 0.25) is 0 Å². The first-order chi connectivity index (χ1) is 11.0. The average molecular weight is 339 g/mol. The summed E-state index contributed by atoms with van der Waals surface area (Å²) in [5.41, 5.74) is 5.30. The molecule has 0 spiro atoms. The molecule has 2 nitrogen and oxygen atoms in total. The molecule has 0 N–H and O–H groups in total. The Bertz CT molecular complexity index is 822. The number of aryl methyl sites for hydroxylation is 3. The summed E-state index contributed by atoms with van der Waals surface area (Å²) < 4.78 is 0.584. The first-order valence-electron chi connectivity index (χ1n) is 7.37. The number of hydrogen-bond donors (Lipinski definition) is 0. The minimum Gasteiger partial charge on any atom is -0.268 e. The fourth-order valence-corrected chi connectivity index (χ4v) is 3.83. The van der Waals surface area contributed by atoms with Gasteiger partial charge in [-0.25, -0.2) is 0 Å². The number of thiocarbonyl (C=S) groups is 1. The van der Waals surface area contributed by atoms with Crippen LogP contribution in [0.25, 0.3) is 6.08 Å². The maximum absolute atomic E-state index is 12.8. The molecule has 0 saturated carbocycles. The summed E-state index contributed by atoms with van der Waals surface area (Å²) in [6, 6.07) is 14.1. The van der Waals surface area contributed by atoms with Gasteiger partial charge in [-0.2, -0.15) is 0 Å². The molecule has 0 atom stereocenters. The molecule has 3 rings (SSSR count). The minimum absolute atomic E-state index is 0.0486. The molecule has 1 aliphatic rings. The molecule has 2 aromatic carbocycles. The molecule has 1 fully saturated rings. The number of anilines is 1. The predicted octanol–water partition coefficient (Wildman–Crippen LogP) is 5.02. The quantitative estimate of drug-likeness (QED) is 0.566. The first-order valence-corrected chi connectivity index (χ1v) is 8.60. The van der Waals surface area contributed by atoms with E-state index in [1.165, 1.54) is 22.9 Å². The lowest BCUT2D eigenvalue weighted by atomic mass is 10.1. The van der Waals surface area contributed by atoms with Gasteiger partial charge in [0.05, 0.1) is 10.6 Å². The molecule has 1 amide bonds. The molecule has 1 aliphatic heterocycles. The largest absolute Gasteiger partial charge is 0.270 e. The van der Waals surface area contributed by atoms with Crippen molar-refractivity contribution in [3.05, 3.63) is 69.6 Å². The van der Waals surface area contributed by atoms with Crippen LogP contribution < -0.4 is 4.90 Å². The van der Waals surface area contributed by atoms with Crippen molar-refractivity contribution in [1.29, 1.82) is 0 Å². The van der Waals surface area contributed by atoms with Gasteiger partial charge in [-0.3, -0.25) is 9.69 Å². The highest BCUT2D eigenvalue weighted by Crippen LogP contribution is 2.37. The van der Waals surface area contributed by atoms with Crippen molar-refractivity contribution in [1.82, 2.24) is 0 Å². The highest BCUT2D eigenvalue weighted by Gasteiger charge is 2.33. The maximum Gasteiger partial charge on any atom is 0.270 e. The Morgan fingerprint density at radius 1 is 1.00 bits per heavy atom. The van der Waals surface area contributed by atoms with E-state index in [9.17, 15) is 4.79 Å². The van der Waals surface area contributed by atoms with E-state index >= 15 is 0 Å². The van der Waals surface area contributed by atoms with Crippen LogP contribution >= 0.6 is 24.0 Å². The molecule has 2 aromatic rings. The van der Waals surface area contributed by atoms with E-state index in [1.807, 2.05) is 63.2 Å². The second-order valence-electron chi connectivity index (χ2n) is 5.72. The molecule has 0 bridgehead atoms. The Kier molecular flexibility index (Phi) is 4.37. The highest BCUT2D eigenvalue weighted by atomic mass is 32.2. The van der Waals surface area contributed by atoms with E-state index in [0.29, 0.717) is 9.23 Å². The minimum atomic E-state index is -0.0486. The zero-order valence-corrected chi connectivity index (χ0v) is 14.9. The first kappa shape index (κ1) is 16.0. The zero-order valence-electron chi connectivity index (χ0n) is 13.3. The van der Waals surface area contributed by atoms with Crippen molar-refractivity contribution in [2.24, 2.45) is 0 Å². The van der Waals surface area contributed by atoms with Gasteiger partial charge in [0.25, 0.3) is 5.91 Å². The van der Waals surface area contributed by atoms with Crippen molar-refractivity contribution in [2.45, 2.75) is 20.8 Å². The van der Waals surface area contributed by atoms with E-state index in [2.05, 4.69) is 6.07 Å². The van der Waals surface area contributed by atoms with Crippen LogP contribution in [0.3, 0.4) is 0 Å². The Labute approximate surface area is 146 Å². The monoisotopic (exact) mass is 339 g/mol. The normalized spacial score (nSPS) is 16.5. The van der Waals surface area contributed by atoms with E-state index in [-0.39, 0.29) is 5.91 Å². The van der Waals surface area contributed by atoms with Gasteiger partial charge in [-0.1, -0.05) is 71.5 Å². The number of rotatable bonds is 2. The number of carbonyl (C=O) groups excluding carboxylic acids is 1. The molecular formula is C19H17NOS2. The van der Waals surface area contributed by atoms with Crippen molar-refractivity contribution < 1.29 is 4.79 Å². The fourth-order valence-electron chi connectivity index (χ4n) is 2.55. The Hall–Kier alpha value is -1.91. The molecule has 1 heterocycles. The zero-order chi connectivity index (χ0) is 16.6. The van der Waals surface area contributed by atoms with E-state index in [0.717, 1.165) is 16.8 Å². The molecule has 23 heavy (non-hydrogen) atoms. The summed E-state index contributed by atoms with van der Waals surface area (Å²) >= 11 is 6.79. The Morgan fingerprint density at radius 3 is 2.30 bits per heavy atom. The van der Waals surface area contributed by atoms with E-state index < -0.39 is 0 Å². The van der Waals surface area contributed by atoms with Gasteiger partial charge in [-0.15, -0.1) is 0 Å². The van der Waals surface area contributed by atoms with Crippen LogP contribution in [-0.2, 0) is 4.79 Å². The maximum atomic E-state index is 12.8. The number of carbonyl (C=O) groups is 1. The van der Waals surface area contributed by atoms with Crippen LogP contribution in [-0.4, -0.2) is 10.2 Å². The van der Waals surface area contributed by atoms with Crippen LogP contribution in [0.4, 0.5) is 5.69 Å². The van der Waals surface area contributed by atoms with Crippen molar-refractivity contribution in [3.8, 4) is 0 Å². The number of hydrogen-bond acceptors (Lipinski definition) is 3. The second kappa shape index (κ2) is 6.30. The van der Waals surface area contributed by atoms with Crippen LogP contribution in [0, 0.1) is 20.8 Å². The molecule has 1 saturated heterocycles. The lowest BCUT2D eigenvalue weighted by molar-refractivity contribution is -0.113. The topological polar surface area (TPSA) is 20.3 Å². The van der Waals surface area contributed by atoms with Crippen molar-refractivity contribution in [3.63, 3.8) is 0 Å². The van der Waals surface area contributed by atoms with Crippen molar-refractivity contribution >= 4 is 46.0 Å². The summed E-state index contributed by atoms with van der Waals surface area (Å²) in [7, 11) is 0. The molecule has 4 heteroatoms. The number of nitrogens with zero attached hydrogens (tertiary/aromatic N) is 1. The Morgan fingerprint density at radius 2 is 1.65 bits per heavy atom. The molecule has 0 aromatic heterocycles. The van der Waals surface area contributed by atoms with Crippen LogP contribution in [0.15, 0.2) is 47.4 Å². The smallest absolute Gasteiger partial charge is 0.268 e. The third-order valence-electron chi connectivity index (χ3n) is 3.76. The summed E-state index contributed by atoms with van der Waals surface area (Å²) in [5.74, 6) is -0.0486. The number of thioether (sulfide) groups is 1. The van der Waals surface area contributed by atoms with Gasteiger partial charge in [0.1, 0.15) is 0 Å². The standard InChI is InChI=1S/C19H17NOS2/c1-12-4-7-15(8-5-12)11-17-18(21)20(19(22)23-17)16-9-6-13(2)10-14(16)3/h4-11H,1-3H3. The second-order valence-corrected chi connectivity index (χ2v) is 7.39. The number of benzene rings is 2. The molecular weight excluding hydrogens is 322 g/mol. The summed E-state index contributed by atoms with van der Waals surface area (Å²) in [4.78, 5) is 15.1. The molecule has 0 radical (unpaired) electrons. The highest BCUT2D eigenvalue weighted by molar-refractivity contribution is 8.27. The van der Waals surface area contributed by atoms with Gasteiger partial charge in [-0.05, 0) is 44.0 Å². The molecule has 0 unspecified atom stereocenters. The summed E-state index contributed by atoms with van der Waals surface area (Å²) in [5, 5.41) is 0. The number of amides is 1. The SMILES string of the molecule is Cc1ccc(C=C2SC(=S)N(c3ccc(C)cc3C)C2=O)cc1. The fraction of sp³-hybridized carbons (Fsp3) is 0.158. The third-order valence-corrected chi connectivity index (χ3v) is 5.06. The van der Waals surface area contributed by atoms with E-state index in [1.54, 1.807) is 4.90 Å². The lowest BCUT2D eigenvalue weighted by Crippen LogP contribution is -2.28. The van der Waals surface area contributed by atoms with Gasteiger partial charge in [0, 0.05) is 0 Å². The van der Waals surface area contributed by atoms with Crippen LogP contribution in [0.5, 0.6) is 0 Å². The lowest BCUT2D eigenvalue weighted by Gasteiger charge is -2.17.